The average molecular weight is 247 g/mol. The summed E-state index contributed by atoms with van der Waals surface area (Å²) in [6.45, 7) is 5.52. The van der Waals surface area contributed by atoms with E-state index in [1.807, 2.05) is 13.0 Å². The SMILES string of the molecule is Cc1cccc(CN2CCCCC2(C)C(=O)O)c1. The molecule has 98 valence electrons. The van der Waals surface area contributed by atoms with Crippen molar-refractivity contribution in [2.75, 3.05) is 6.54 Å². The highest BCUT2D eigenvalue weighted by molar-refractivity contribution is 5.78. The van der Waals surface area contributed by atoms with Gasteiger partial charge in [0, 0.05) is 6.54 Å². The maximum absolute atomic E-state index is 11.5. The molecule has 0 saturated carbocycles. The quantitative estimate of drug-likeness (QED) is 0.893. The van der Waals surface area contributed by atoms with Gasteiger partial charge in [0.05, 0.1) is 0 Å². The Morgan fingerprint density at radius 1 is 1.44 bits per heavy atom. The smallest absolute Gasteiger partial charge is 0.323 e. The lowest BCUT2D eigenvalue weighted by molar-refractivity contribution is -0.153. The molecule has 1 aliphatic rings. The van der Waals surface area contributed by atoms with Gasteiger partial charge < -0.3 is 5.11 Å². The molecule has 2 rings (SSSR count). The number of carboxylic acid groups (broad SMARTS) is 1. The lowest BCUT2D eigenvalue weighted by Gasteiger charge is -2.41. The first kappa shape index (κ1) is 13.1. The molecule has 1 aromatic carbocycles. The molecule has 1 saturated heterocycles. The van der Waals surface area contributed by atoms with Gasteiger partial charge in [0.15, 0.2) is 0 Å². The van der Waals surface area contributed by atoms with E-state index in [-0.39, 0.29) is 0 Å². The third kappa shape index (κ3) is 2.56. The molecule has 1 unspecified atom stereocenters. The molecular formula is C15H21NO2. The Balaban J connectivity index is 2.18. The molecule has 0 aliphatic carbocycles. The molecule has 1 atom stereocenters. The number of piperidine rings is 1. The van der Waals surface area contributed by atoms with Crippen molar-refractivity contribution in [1.29, 1.82) is 0 Å². The van der Waals surface area contributed by atoms with Crippen LogP contribution < -0.4 is 0 Å². The number of aryl methyl sites for hydroxylation is 1. The van der Waals surface area contributed by atoms with E-state index >= 15 is 0 Å². The Morgan fingerprint density at radius 2 is 2.22 bits per heavy atom. The Bertz CT molecular complexity index is 444. The Labute approximate surface area is 108 Å². The van der Waals surface area contributed by atoms with Crippen molar-refractivity contribution in [2.45, 2.75) is 45.2 Å². The summed E-state index contributed by atoms with van der Waals surface area (Å²) in [5.41, 5.74) is 1.72. The van der Waals surface area contributed by atoms with Crippen LogP contribution in [0.3, 0.4) is 0 Å². The highest BCUT2D eigenvalue weighted by Crippen LogP contribution is 2.29. The molecule has 1 aromatic rings. The van der Waals surface area contributed by atoms with E-state index in [0.717, 1.165) is 32.4 Å². The van der Waals surface area contributed by atoms with Gasteiger partial charge in [-0.05, 0) is 45.2 Å². The van der Waals surface area contributed by atoms with Crippen LogP contribution in [0.5, 0.6) is 0 Å². The fraction of sp³-hybridized carbons (Fsp3) is 0.533. The second kappa shape index (κ2) is 5.11. The van der Waals surface area contributed by atoms with Gasteiger partial charge in [-0.2, -0.15) is 0 Å². The number of hydrogen-bond acceptors (Lipinski definition) is 2. The van der Waals surface area contributed by atoms with E-state index in [2.05, 4.69) is 30.0 Å². The van der Waals surface area contributed by atoms with Crippen molar-refractivity contribution < 1.29 is 9.90 Å². The minimum Gasteiger partial charge on any atom is -0.480 e. The van der Waals surface area contributed by atoms with Crippen molar-refractivity contribution in [2.24, 2.45) is 0 Å². The van der Waals surface area contributed by atoms with Gasteiger partial charge >= 0.3 is 5.97 Å². The van der Waals surface area contributed by atoms with E-state index in [9.17, 15) is 9.90 Å². The van der Waals surface area contributed by atoms with Gasteiger partial charge in [0.2, 0.25) is 0 Å². The molecular weight excluding hydrogens is 226 g/mol. The number of aliphatic carboxylic acids is 1. The lowest BCUT2D eigenvalue weighted by Crippen LogP contribution is -2.54. The third-order valence-electron chi connectivity index (χ3n) is 3.96. The Hall–Kier alpha value is -1.35. The van der Waals surface area contributed by atoms with Crippen LogP contribution in [0.2, 0.25) is 0 Å². The van der Waals surface area contributed by atoms with Crippen molar-refractivity contribution in [3.8, 4) is 0 Å². The highest BCUT2D eigenvalue weighted by Gasteiger charge is 2.40. The summed E-state index contributed by atoms with van der Waals surface area (Å²) >= 11 is 0. The summed E-state index contributed by atoms with van der Waals surface area (Å²) in [7, 11) is 0. The summed E-state index contributed by atoms with van der Waals surface area (Å²) in [5, 5.41) is 9.46. The number of likely N-dealkylation sites (tertiary alicyclic amines) is 1. The van der Waals surface area contributed by atoms with E-state index in [1.54, 1.807) is 0 Å². The minimum atomic E-state index is -0.706. The summed E-state index contributed by atoms with van der Waals surface area (Å²) in [6, 6.07) is 8.31. The molecule has 1 aliphatic heterocycles. The fourth-order valence-electron chi connectivity index (χ4n) is 2.70. The Kier molecular flexibility index (Phi) is 3.71. The highest BCUT2D eigenvalue weighted by atomic mass is 16.4. The maximum atomic E-state index is 11.5. The van der Waals surface area contributed by atoms with Crippen LogP contribution in [0, 0.1) is 6.92 Å². The molecule has 1 N–H and O–H groups in total. The lowest BCUT2D eigenvalue weighted by atomic mass is 9.88. The average Bonchev–Trinajstić information content (AvgIpc) is 2.32. The van der Waals surface area contributed by atoms with Crippen molar-refractivity contribution in [1.82, 2.24) is 4.90 Å². The molecule has 0 aromatic heterocycles. The number of carbonyl (C=O) groups is 1. The van der Waals surface area contributed by atoms with Gasteiger partial charge in [-0.1, -0.05) is 29.8 Å². The van der Waals surface area contributed by atoms with E-state index in [1.165, 1.54) is 11.1 Å². The van der Waals surface area contributed by atoms with E-state index in [0.29, 0.717) is 0 Å². The van der Waals surface area contributed by atoms with Gasteiger partial charge in [-0.25, -0.2) is 0 Å². The molecule has 0 bridgehead atoms. The predicted octanol–water partition coefficient (Wildman–Crippen LogP) is 2.82. The second-order valence-corrected chi connectivity index (χ2v) is 5.45. The minimum absolute atomic E-state index is 0.699. The van der Waals surface area contributed by atoms with Crippen LogP contribution in [-0.4, -0.2) is 28.1 Å². The number of nitrogens with zero attached hydrogens (tertiary/aromatic N) is 1. The van der Waals surface area contributed by atoms with E-state index < -0.39 is 11.5 Å². The second-order valence-electron chi connectivity index (χ2n) is 5.45. The van der Waals surface area contributed by atoms with Crippen LogP contribution in [0.25, 0.3) is 0 Å². The van der Waals surface area contributed by atoms with Crippen molar-refractivity contribution in [3.05, 3.63) is 35.4 Å². The van der Waals surface area contributed by atoms with Crippen LogP contribution in [0.15, 0.2) is 24.3 Å². The molecule has 1 heterocycles. The summed E-state index contributed by atoms with van der Waals surface area (Å²) in [6.07, 6.45) is 2.84. The zero-order valence-electron chi connectivity index (χ0n) is 11.1. The van der Waals surface area contributed by atoms with Crippen molar-refractivity contribution in [3.63, 3.8) is 0 Å². The topological polar surface area (TPSA) is 40.5 Å². The predicted molar refractivity (Wildman–Crippen MR) is 71.5 cm³/mol. The zero-order valence-corrected chi connectivity index (χ0v) is 11.1. The summed E-state index contributed by atoms with van der Waals surface area (Å²) in [4.78, 5) is 13.6. The molecule has 1 fully saturated rings. The van der Waals surface area contributed by atoms with Crippen LogP contribution >= 0.6 is 0 Å². The van der Waals surface area contributed by atoms with Crippen molar-refractivity contribution >= 4 is 5.97 Å². The first-order valence-corrected chi connectivity index (χ1v) is 6.56. The number of benzene rings is 1. The first-order valence-electron chi connectivity index (χ1n) is 6.56. The maximum Gasteiger partial charge on any atom is 0.323 e. The first-order chi connectivity index (χ1) is 8.52. The number of hydrogen-bond donors (Lipinski definition) is 1. The number of rotatable bonds is 3. The molecule has 0 spiro atoms. The van der Waals surface area contributed by atoms with Crippen LogP contribution in [-0.2, 0) is 11.3 Å². The van der Waals surface area contributed by atoms with Crippen LogP contribution in [0.4, 0.5) is 0 Å². The number of carboxylic acids is 1. The standard InChI is InChI=1S/C15H21NO2/c1-12-6-5-7-13(10-12)11-16-9-4-3-8-15(16,2)14(17)18/h5-7,10H,3-4,8-9,11H2,1-2H3,(H,17,18). The molecule has 0 radical (unpaired) electrons. The third-order valence-corrected chi connectivity index (χ3v) is 3.96. The molecule has 3 nitrogen and oxygen atoms in total. The molecule has 0 amide bonds. The largest absolute Gasteiger partial charge is 0.480 e. The Morgan fingerprint density at radius 3 is 2.89 bits per heavy atom. The summed E-state index contributed by atoms with van der Waals surface area (Å²) in [5.74, 6) is -0.699. The van der Waals surface area contributed by atoms with Gasteiger partial charge in [-0.15, -0.1) is 0 Å². The zero-order chi connectivity index (χ0) is 13.2. The fourth-order valence-corrected chi connectivity index (χ4v) is 2.70. The molecule has 3 heteroatoms. The normalized spacial score (nSPS) is 25.0. The molecule has 18 heavy (non-hydrogen) atoms. The van der Waals surface area contributed by atoms with Crippen LogP contribution in [0.1, 0.15) is 37.3 Å². The summed E-state index contributed by atoms with van der Waals surface area (Å²) < 4.78 is 0. The van der Waals surface area contributed by atoms with E-state index in [4.69, 9.17) is 0 Å². The van der Waals surface area contributed by atoms with Gasteiger partial charge in [-0.3, -0.25) is 9.69 Å². The van der Waals surface area contributed by atoms with Gasteiger partial charge in [0.25, 0.3) is 0 Å². The monoisotopic (exact) mass is 247 g/mol. The van der Waals surface area contributed by atoms with Gasteiger partial charge in [0.1, 0.15) is 5.54 Å².